The molecule has 1 aromatic heterocycles. The Hall–Kier alpha value is -2.59. The molecule has 3 aromatic rings. The lowest BCUT2D eigenvalue weighted by Crippen LogP contribution is -2.28. The largest absolute Gasteiger partial charge is 0.455 e. The summed E-state index contributed by atoms with van der Waals surface area (Å²) in [5, 5.41) is 0.405. The number of carbonyl (C=O) groups is 1. The number of para-hydroxylation sites is 1. The van der Waals surface area contributed by atoms with Crippen molar-refractivity contribution in [1.29, 1.82) is 0 Å². The van der Waals surface area contributed by atoms with Gasteiger partial charge in [0, 0.05) is 30.6 Å². The van der Waals surface area contributed by atoms with E-state index in [-0.39, 0.29) is 11.3 Å². The van der Waals surface area contributed by atoms with E-state index in [0.29, 0.717) is 40.3 Å². The Bertz CT molecular complexity index is 979. The Morgan fingerprint density at radius 1 is 1.12 bits per heavy atom. The van der Waals surface area contributed by atoms with Crippen LogP contribution in [0.1, 0.15) is 15.9 Å². The highest BCUT2D eigenvalue weighted by Gasteiger charge is 2.20. The molecule has 0 aliphatic carbocycles. The van der Waals surface area contributed by atoms with Crippen LogP contribution in [0.25, 0.3) is 22.3 Å². The summed E-state index contributed by atoms with van der Waals surface area (Å²) in [7, 11) is 1.67. The predicted octanol–water partition coefficient (Wildman–Crippen LogP) is 4.08. The summed E-state index contributed by atoms with van der Waals surface area (Å²) in [5.41, 5.74) is 1.87. The van der Waals surface area contributed by atoms with Crippen LogP contribution in [0.4, 0.5) is 0 Å². The molecule has 0 bridgehead atoms. The smallest absolute Gasteiger partial charge is 0.257 e. The Kier molecular flexibility index (Phi) is 4.91. The molecule has 0 atom stereocenters. The van der Waals surface area contributed by atoms with Crippen molar-refractivity contribution in [2.24, 2.45) is 0 Å². The molecule has 25 heavy (non-hydrogen) atoms. The van der Waals surface area contributed by atoms with Gasteiger partial charge in [0.15, 0.2) is 11.0 Å². The van der Waals surface area contributed by atoms with Gasteiger partial charge in [0.05, 0.1) is 10.9 Å². The van der Waals surface area contributed by atoms with Crippen LogP contribution >= 0.6 is 11.6 Å². The van der Waals surface area contributed by atoms with Gasteiger partial charge in [-0.25, -0.2) is 0 Å². The Morgan fingerprint density at radius 3 is 2.52 bits per heavy atom. The Balaban J connectivity index is 2.26. The summed E-state index contributed by atoms with van der Waals surface area (Å²) in [6.07, 6.45) is 0. The maximum atomic E-state index is 12.8. The number of amides is 1. The lowest BCUT2D eigenvalue weighted by Gasteiger charge is -2.17. The Labute approximate surface area is 150 Å². The number of hydrogen-bond acceptors (Lipinski definition) is 3. The number of fused-ring (bicyclic) bond motifs is 1. The van der Waals surface area contributed by atoms with Crippen LogP contribution in [0.2, 0.25) is 0 Å². The van der Waals surface area contributed by atoms with Crippen molar-refractivity contribution in [3.8, 4) is 11.3 Å². The highest BCUT2D eigenvalue weighted by Crippen LogP contribution is 2.27. The molecule has 4 nitrogen and oxygen atoms in total. The lowest BCUT2D eigenvalue weighted by atomic mass is 10.0. The summed E-state index contributed by atoms with van der Waals surface area (Å²) in [6.45, 7) is 2.15. The number of alkyl halides is 1. The van der Waals surface area contributed by atoms with Gasteiger partial charge in [0.25, 0.3) is 5.91 Å². The van der Waals surface area contributed by atoms with Crippen LogP contribution < -0.4 is 5.43 Å². The van der Waals surface area contributed by atoms with Gasteiger partial charge in [-0.1, -0.05) is 36.4 Å². The minimum atomic E-state index is -0.225. The molecule has 0 aliphatic rings. The molecule has 5 heteroatoms. The van der Waals surface area contributed by atoms with Crippen LogP contribution in [-0.2, 0) is 0 Å². The third-order valence-corrected chi connectivity index (χ3v) is 4.35. The molecule has 1 amide bonds. The summed E-state index contributed by atoms with van der Waals surface area (Å²) in [4.78, 5) is 27.0. The van der Waals surface area contributed by atoms with Gasteiger partial charge in [-0.05, 0) is 19.1 Å². The third kappa shape index (κ3) is 3.17. The van der Waals surface area contributed by atoms with Crippen molar-refractivity contribution in [2.75, 3.05) is 19.5 Å². The van der Waals surface area contributed by atoms with Crippen LogP contribution in [-0.4, -0.2) is 30.3 Å². The van der Waals surface area contributed by atoms with Crippen molar-refractivity contribution < 1.29 is 9.21 Å². The summed E-state index contributed by atoms with van der Waals surface area (Å²) < 4.78 is 6.06. The molecule has 0 aliphatic heterocycles. The molecule has 0 spiro atoms. The van der Waals surface area contributed by atoms with Crippen molar-refractivity contribution in [3.63, 3.8) is 0 Å². The van der Waals surface area contributed by atoms with E-state index in [2.05, 4.69) is 0 Å². The number of nitrogens with zero attached hydrogens (tertiary/aromatic N) is 1. The molecule has 0 unspecified atom stereocenters. The van der Waals surface area contributed by atoms with Gasteiger partial charge in [0.1, 0.15) is 5.76 Å². The van der Waals surface area contributed by atoms with Crippen molar-refractivity contribution in [1.82, 2.24) is 4.90 Å². The monoisotopic (exact) mass is 355 g/mol. The average molecular weight is 356 g/mol. The predicted molar refractivity (Wildman–Crippen MR) is 100 cm³/mol. The van der Waals surface area contributed by atoms with E-state index in [1.54, 1.807) is 32.2 Å². The van der Waals surface area contributed by atoms with Crippen molar-refractivity contribution in [3.05, 3.63) is 69.9 Å². The maximum Gasteiger partial charge on any atom is 0.257 e. The van der Waals surface area contributed by atoms with Gasteiger partial charge < -0.3 is 9.32 Å². The van der Waals surface area contributed by atoms with E-state index in [4.69, 9.17) is 16.0 Å². The topological polar surface area (TPSA) is 50.5 Å². The van der Waals surface area contributed by atoms with E-state index < -0.39 is 0 Å². The van der Waals surface area contributed by atoms with E-state index in [1.165, 1.54) is 4.90 Å². The van der Waals surface area contributed by atoms with Crippen LogP contribution in [0.3, 0.4) is 0 Å². The second-order valence-corrected chi connectivity index (χ2v) is 6.23. The molecule has 128 valence electrons. The maximum absolute atomic E-state index is 12.8. The summed E-state index contributed by atoms with van der Waals surface area (Å²) >= 11 is 5.73. The highest BCUT2D eigenvalue weighted by molar-refractivity contribution is 6.18. The first kappa shape index (κ1) is 17.2. The number of benzene rings is 2. The number of halogens is 1. The number of rotatable bonds is 4. The summed E-state index contributed by atoms with van der Waals surface area (Å²) in [5.74, 6) is 0.598. The molecule has 1 heterocycles. The van der Waals surface area contributed by atoms with Crippen LogP contribution in [0.5, 0.6) is 0 Å². The molecule has 3 rings (SSSR count). The third-order valence-electron chi connectivity index (χ3n) is 4.18. The van der Waals surface area contributed by atoms with Crippen molar-refractivity contribution in [2.45, 2.75) is 6.92 Å². The van der Waals surface area contributed by atoms with E-state index in [9.17, 15) is 9.59 Å². The van der Waals surface area contributed by atoms with Gasteiger partial charge in [-0.15, -0.1) is 11.6 Å². The number of carbonyl (C=O) groups excluding carboxylic acids is 1. The SMILES string of the molecule is Cc1c(-c2ccccc2)oc2c(C(=O)N(C)CCCl)cccc2c1=O. The van der Waals surface area contributed by atoms with Crippen molar-refractivity contribution >= 4 is 28.5 Å². The second kappa shape index (κ2) is 7.11. The molecule has 0 fully saturated rings. The molecule has 0 saturated carbocycles. The molecule has 2 aromatic carbocycles. The van der Waals surface area contributed by atoms with Gasteiger partial charge in [0.2, 0.25) is 0 Å². The van der Waals surface area contributed by atoms with E-state index >= 15 is 0 Å². The molecule has 0 N–H and O–H groups in total. The molecule has 0 radical (unpaired) electrons. The molecular weight excluding hydrogens is 338 g/mol. The Morgan fingerprint density at radius 2 is 1.84 bits per heavy atom. The zero-order chi connectivity index (χ0) is 18.0. The van der Waals surface area contributed by atoms with Gasteiger partial charge in [-0.2, -0.15) is 0 Å². The quantitative estimate of drug-likeness (QED) is 0.662. The fraction of sp³-hybridized carbons (Fsp3) is 0.200. The molecular formula is C20H18ClNO3. The minimum Gasteiger partial charge on any atom is -0.455 e. The van der Waals surface area contributed by atoms with Crippen LogP contribution in [0, 0.1) is 6.92 Å². The minimum absolute atomic E-state index is 0.130. The fourth-order valence-corrected chi connectivity index (χ4v) is 3.03. The van der Waals surface area contributed by atoms with E-state index in [1.807, 2.05) is 30.3 Å². The summed E-state index contributed by atoms with van der Waals surface area (Å²) in [6, 6.07) is 14.5. The standard InChI is InChI=1S/C20H18ClNO3/c1-13-17(23)15-9-6-10-16(20(24)22(2)12-11-21)19(15)25-18(13)14-7-4-3-5-8-14/h3-10H,11-12H2,1-2H3. The van der Waals surface area contributed by atoms with Crippen LogP contribution in [0.15, 0.2) is 57.7 Å². The van der Waals surface area contributed by atoms with E-state index in [0.717, 1.165) is 5.56 Å². The second-order valence-electron chi connectivity index (χ2n) is 5.85. The van der Waals surface area contributed by atoms with Gasteiger partial charge in [-0.3, -0.25) is 9.59 Å². The normalized spacial score (nSPS) is 10.8. The highest BCUT2D eigenvalue weighted by atomic mass is 35.5. The molecule has 0 saturated heterocycles. The first-order valence-corrected chi connectivity index (χ1v) is 8.51. The lowest BCUT2D eigenvalue weighted by molar-refractivity contribution is 0.0804. The first-order valence-electron chi connectivity index (χ1n) is 7.98. The zero-order valence-corrected chi connectivity index (χ0v) is 14.8. The fourth-order valence-electron chi connectivity index (χ4n) is 2.78. The first-order chi connectivity index (χ1) is 12.0. The zero-order valence-electron chi connectivity index (χ0n) is 14.1. The number of hydrogen-bond donors (Lipinski definition) is 0. The van der Waals surface area contributed by atoms with Gasteiger partial charge >= 0.3 is 0 Å². The average Bonchev–Trinajstić information content (AvgIpc) is 2.64.